The number of H-pyrrole nitrogens is 1. The Balaban J connectivity index is 2.28. The molecule has 1 aromatic carbocycles. The molecule has 0 aliphatic heterocycles. The first-order valence-electron chi connectivity index (χ1n) is 6.26. The third-order valence-corrected chi connectivity index (χ3v) is 3.50. The van der Waals surface area contributed by atoms with Gasteiger partial charge in [-0.05, 0) is 23.4 Å². The molecule has 0 atom stereocenters. The van der Waals surface area contributed by atoms with Crippen LogP contribution in [0.5, 0.6) is 0 Å². The van der Waals surface area contributed by atoms with Crippen molar-refractivity contribution in [1.29, 1.82) is 0 Å². The number of rotatable bonds is 6. The Morgan fingerprint density at radius 2 is 2.27 bits per heavy atom. The molecule has 1 aromatic heterocycles. The van der Waals surface area contributed by atoms with Gasteiger partial charge in [0.15, 0.2) is 0 Å². The first-order chi connectivity index (χ1) is 10.5. The van der Waals surface area contributed by atoms with Crippen LogP contribution in [0.2, 0.25) is 0 Å². The van der Waals surface area contributed by atoms with E-state index >= 15 is 0 Å². The fraction of sp³-hybridized carbons (Fsp3) is 0.154. The summed E-state index contributed by atoms with van der Waals surface area (Å²) < 4.78 is 0. The predicted molar refractivity (Wildman–Crippen MR) is 77.7 cm³/mol. The van der Waals surface area contributed by atoms with Gasteiger partial charge in [-0.2, -0.15) is 0 Å². The molecule has 0 bridgehead atoms. The van der Waals surface area contributed by atoms with Gasteiger partial charge in [0, 0.05) is 23.5 Å². The minimum atomic E-state index is -1.40. The fourth-order valence-electron chi connectivity index (χ4n) is 1.59. The highest BCUT2D eigenvalue weighted by atomic mass is 32.2. The number of aryl methyl sites for hydroxylation is 1. The van der Waals surface area contributed by atoms with Gasteiger partial charge < -0.3 is 9.90 Å². The van der Waals surface area contributed by atoms with E-state index in [-0.39, 0.29) is 15.7 Å². The molecule has 0 unspecified atom stereocenters. The summed E-state index contributed by atoms with van der Waals surface area (Å²) in [7, 11) is 0. The average molecular weight is 319 g/mol. The van der Waals surface area contributed by atoms with Gasteiger partial charge in [0.05, 0.1) is 10.9 Å². The number of nitrogens with one attached hydrogen (secondary N) is 1. The van der Waals surface area contributed by atoms with E-state index in [1.54, 1.807) is 6.07 Å². The molecule has 0 saturated carbocycles. The number of aromatic nitrogens is 3. The van der Waals surface area contributed by atoms with Crippen molar-refractivity contribution >= 4 is 29.5 Å². The topological polar surface area (TPSA) is 125 Å². The zero-order valence-electron chi connectivity index (χ0n) is 11.5. The van der Waals surface area contributed by atoms with Crippen molar-refractivity contribution in [2.45, 2.75) is 18.5 Å². The Hall–Kier alpha value is -2.68. The predicted octanol–water partition coefficient (Wildman–Crippen LogP) is 1.16. The summed E-state index contributed by atoms with van der Waals surface area (Å²) in [6.07, 6.45) is 1.93. The number of hydrogen-bond acceptors (Lipinski definition) is 7. The summed E-state index contributed by atoms with van der Waals surface area (Å²) in [4.78, 5) is 25.3. The number of thioether (sulfide) groups is 1. The van der Waals surface area contributed by atoms with Crippen molar-refractivity contribution in [3.63, 3.8) is 0 Å². The van der Waals surface area contributed by atoms with Crippen LogP contribution in [0.25, 0.3) is 6.08 Å². The Morgan fingerprint density at radius 3 is 2.86 bits per heavy atom. The van der Waals surface area contributed by atoms with Crippen LogP contribution in [-0.4, -0.2) is 26.1 Å². The van der Waals surface area contributed by atoms with Crippen molar-refractivity contribution in [3.8, 4) is 0 Å². The summed E-state index contributed by atoms with van der Waals surface area (Å²) in [5.74, 6) is -0.769. The number of nitrogens with zero attached hydrogens (tertiary/aromatic N) is 3. The molecule has 1 heterocycles. The molecule has 22 heavy (non-hydrogen) atoms. The molecule has 0 aliphatic rings. The fourth-order valence-corrected chi connectivity index (χ4v) is 2.31. The number of carbonyl (C=O) groups excluding carboxylic acids is 1. The first kappa shape index (κ1) is 15.7. The van der Waals surface area contributed by atoms with E-state index in [1.165, 1.54) is 24.3 Å². The number of non-ortho nitro benzene ring substituents is 1. The average Bonchev–Trinajstić information content (AvgIpc) is 2.94. The largest absolute Gasteiger partial charge is 0.544 e. The zero-order valence-corrected chi connectivity index (χ0v) is 12.3. The number of carboxylic acids is 1. The van der Waals surface area contributed by atoms with Gasteiger partial charge in [-0.15, -0.1) is 5.10 Å². The number of aliphatic carboxylic acids is 1. The number of benzene rings is 1. The number of carbonyl (C=O) groups is 1. The van der Waals surface area contributed by atoms with Crippen molar-refractivity contribution < 1.29 is 14.8 Å². The van der Waals surface area contributed by atoms with Crippen molar-refractivity contribution in [2.24, 2.45) is 0 Å². The molecular formula is C13H11N4O4S-. The summed E-state index contributed by atoms with van der Waals surface area (Å²) in [5.41, 5.74) is 0.259. The molecule has 0 spiro atoms. The minimum Gasteiger partial charge on any atom is -0.544 e. The van der Waals surface area contributed by atoms with Crippen LogP contribution in [0.4, 0.5) is 5.69 Å². The van der Waals surface area contributed by atoms with E-state index in [9.17, 15) is 20.0 Å². The quantitative estimate of drug-likeness (QED) is 0.366. The van der Waals surface area contributed by atoms with Gasteiger partial charge >= 0.3 is 0 Å². The lowest BCUT2D eigenvalue weighted by Gasteiger charge is -2.05. The Labute approximate surface area is 129 Å². The molecule has 0 amide bonds. The van der Waals surface area contributed by atoms with Crippen LogP contribution in [0.1, 0.15) is 18.3 Å². The second-order valence-corrected chi connectivity index (χ2v) is 5.18. The number of carboxylic acid groups (broad SMARTS) is 1. The maximum absolute atomic E-state index is 11.2. The van der Waals surface area contributed by atoms with Crippen LogP contribution in [0.3, 0.4) is 0 Å². The summed E-state index contributed by atoms with van der Waals surface area (Å²) in [5, 5.41) is 28.7. The molecule has 8 nitrogen and oxygen atoms in total. The summed E-state index contributed by atoms with van der Waals surface area (Å²) >= 11 is 0.818. The van der Waals surface area contributed by atoms with E-state index in [2.05, 4.69) is 15.2 Å². The lowest BCUT2D eigenvalue weighted by Crippen LogP contribution is -2.23. The Bertz CT molecular complexity index is 741. The highest BCUT2D eigenvalue weighted by molar-refractivity contribution is 8.04. The number of nitro groups is 1. The van der Waals surface area contributed by atoms with Crippen molar-refractivity contribution in [2.75, 3.05) is 0 Å². The van der Waals surface area contributed by atoms with Crippen LogP contribution in [-0.2, 0) is 11.2 Å². The normalized spacial score (nSPS) is 11.4. The first-order valence-corrected chi connectivity index (χ1v) is 7.08. The minimum absolute atomic E-state index is 0.123. The zero-order chi connectivity index (χ0) is 16.1. The second kappa shape index (κ2) is 6.85. The molecule has 0 fully saturated rings. The molecular weight excluding hydrogens is 308 g/mol. The Morgan fingerprint density at radius 1 is 1.50 bits per heavy atom. The molecule has 2 aromatic rings. The van der Waals surface area contributed by atoms with Crippen LogP contribution < -0.4 is 5.11 Å². The third-order valence-electron chi connectivity index (χ3n) is 2.63. The standard InChI is InChI=1S/C13H12N4O4S/c1-2-11-14-13(16-15-11)22-10(12(18)19)7-8-4-3-5-9(6-8)17(20)21/h3-7H,2H2,1H3,(H,18,19)(H,14,15,16)/p-1/b10-7-. The van der Waals surface area contributed by atoms with Crippen LogP contribution in [0.15, 0.2) is 34.3 Å². The third kappa shape index (κ3) is 3.92. The monoisotopic (exact) mass is 319 g/mol. The van der Waals surface area contributed by atoms with Crippen molar-refractivity contribution in [1.82, 2.24) is 15.2 Å². The lowest BCUT2D eigenvalue weighted by atomic mass is 10.2. The van der Waals surface area contributed by atoms with E-state index in [0.717, 1.165) is 11.8 Å². The van der Waals surface area contributed by atoms with Crippen LogP contribution in [0, 0.1) is 10.1 Å². The smallest absolute Gasteiger partial charge is 0.270 e. The van der Waals surface area contributed by atoms with Gasteiger partial charge in [-0.25, -0.2) is 4.98 Å². The maximum Gasteiger partial charge on any atom is 0.270 e. The van der Waals surface area contributed by atoms with Gasteiger partial charge in [-0.3, -0.25) is 15.2 Å². The molecule has 2 rings (SSSR count). The van der Waals surface area contributed by atoms with Gasteiger partial charge in [0.1, 0.15) is 5.82 Å². The van der Waals surface area contributed by atoms with E-state index < -0.39 is 10.9 Å². The molecule has 0 aliphatic carbocycles. The second-order valence-electron chi connectivity index (χ2n) is 4.17. The Kier molecular flexibility index (Phi) is 4.89. The van der Waals surface area contributed by atoms with Gasteiger partial charge in [0.2, 0.25) is 5.16 Å². The maximum atomic E-state index is 11.2. The van der Waals surface area contributed by atoms with Crippen molar-refractivity contribution in [3.05, 3.63) is 50.7 Å². The SMILES string of the molecule is CCc1nc(S/C(=C\c2cccc([N+](=O)[O-])c2)C(=O)[O-])n[nH]1. The van der Waals surface area contributed by atoms with E-state index in [0.29, 0.717) is 17.8 Å². The van der Waals surface area contributed by atoms with E-state index in [4.69, 9.17) is 0 Å². The summed E-state index contributed by atoms with van der Waals surface area (Å²) in [6.45, 7) is 1.88. The summed E-state index contributed by atoms with van der Waals surface area (Å²) in [6, 6.07) is 5.64. The molecule has 0 radical (unpaired) electrons. The molecule has 9 heteroatoms. The number of aromatic amines is 1. The molecule has 1 N–H and O–H groups in total. The number of nitro benzene ring substituents is 1. The van der Waals surface area contributed by atoms with Crippen LogP contribution >= 0.6 is 11.8 Å². The van der Waals surface area contributed by atoms with Gasteiger partial charge in [-0.1, -0.05) is 19.1 Å². The highest BCUT2D eigenvalue weighted by Crippen LogP contribution is 2.26. The van der Waals surface area contributed by atoms with Gasteiger partial charge in [0.25, 0.3) is 5.69 Å². The lowest BCUT2D eigenvalue weighted by molar-refractivity contribution is -0.384. The highest BCUT2D eigenvalue weighted by Gasteiger charge is 2.10. The van der Waals surface area contributed by atoms with E-state index in [1.807, 2.05) is 6.92 Å². The molecule has 0 saturated heterocycles. The number of hydrogen-bond donors (Lipinski definition) is 1. The molecule has 114 valence electrons.